The van der Waals surface area contributed by atoms with Gasteiger partial charge in [-0.1, -0.05) is 0 Å². The van der Waals surface area contributed by atoms with Crippen molar-refractivity contribution in [1.82, 2.24) is 10.3 Å². The van der Waals surface area contributed by atoms with Crippen LogP contribution in [-0.4, -0.2) is 29.9 Å². The van der Waals surface area contributed by atoms with Crippen molar-refractivity contribution < 1.29 is 9.59 Å². The highest BCUT2D eigenvalue weighted by Gasteiger charge is 2.22. The number of anilines is 1. The van der Waals surface area contributed by atoms with E-state index in [0.29, 0.717) is 0 Å². The van der Waals surface area contributed by atoms with Gasteiger partial charge < -0.3 is 4.90 Å². The Morgan fingerprint density at radius 1 is 1.27 bits per heavy atom. The molecule has 1 aliphatic heterocycles. The first-order valence-electron chi connectivity index (χ1n) is 4.33. The molecule has 1 N–H and O–H groups in total. The molecule has 0 spiro atoms. The van der Waals surface area contributed by atoms with Crippen LogP contribution in [0, 0.1) is 0 Å². The predicted octanol–water partition coefficient (Wildman–Crippen LogP) is 0.307. The fourth-order valence-corrected chi connectivity index (χ4v) is 1.75. The summed E-state index contributed by atoms with van der Waals surface area (Å²) >= 11 is 3.28. The number of pyridine rings is 1. The number of hydrogen-bond donors (Lipinski definition) is 1. The summed E-state index contributed by atoms with van der Waals surface area (Å²) in [5.74, 6) is -0.572. The van der Waals surface area contributed by atoms with Crippen LogP contribution in [0.1, 0.15) is 0 Å². The number of carbonyl (C=O) groups is 2. The van der Waals surface area contributed by atoms with Crippen LogP contribution in [0.2, 0.25) is 0 Å². The van der Waals surface area contributed by atoms with E-state index in [-0.39, 0.29) is 24.9 Å². The lowest BCUT2D eigenvalue weighted by Gasteiger charge is -2.26. The number of piperazine rings is 1. The number of halogens is 1. The first-order chi connectivity index (χ1) is 7.15. The zero-order valence-corrected chi connectivity index (χ0v) is 9.32. The zero-order valence-electron chi connectivity index (χ0n) is 7.74. The fraction of sp³-hybridized carbons (Fsp3) is 0.222. The van der Waals surface area contributed by atoms with Crippen molar-refractivity contribution in [3.05, 3.63) is 22.9 Å². The summed E-state index contributed by atoms with van der Waals surface area (Å²) in [6.07, 6.45) is 3.27. The van der Waals surface area contributed by atoms with E-state index in [9.17, 15) is 9.59 Å². The Morgan fingerprint density at radius 2 is 1.93 bits per heavy atom. The molecule has 1 aromatic rings. The van der Waals surface area contributed by atoms with E-state index in [4.69, 9.17) is 0 Å². The third-order valence-electron chi connectivity index (χ3n) is 2.00. The van der Waals surface area contributed by atoms with Crippen LogP contribution >= 0.6 is 15.9 Å². The van der Waals surface area contributed by atoms with Gasteiger partial charge in [-0.2, -0.15) is 0 Å². The molecule has 1 aromatic heterocycles. The molecular weight excluding hydrogens is 262 g/mol. The second-order valence-corrected chi connectivity index (χ2v) is 4.10. The van der Waals surface area contributed by atoms with Crippen molar-refractivity contribution in [2.24, 2.45) is 0 Å². The van der Waals surface area contributed by atoms with Crippen LogP contribution in [0.5, 0.6) is 0 Å². The summed E-state index contributed by atoms with van der Waals surface area (Å²) in [6, 6.07) is 1.82. The van der Waals surface area contributed by atoms with Gasteiger partial charge in [0.2, 0.25) is 11.8 Å². The molecule has 2 rings (SSSR count). The number of imide groups is 1. The Morgan fingerprint density at radius 3 is 2.53 bits per heavy atom. The number of amides is 2. The van der Waals surface area contributed by atoms with Gasteiger partial charge >= 0.3 is 0 Å². The molecule has 1 saturated heterocycles. The maximum absolute atomic E-state index is 11.1. The molecule has 78 valence electrons. The quantitative estimate of drug-likeness (QED) is 0.746. The molecular formula is C9H8BrN3O2. The summed E-state index contributed by atoms with van der Waals surface area (Å²) < 4.78 is 0.818. The molecule has 15 heavy (non-hydrogen) atoms. The third-order valence-corrected chi connectivity index (χ3v) is 2.44. The van der Waals surface area contributed by atoms with Gasteiger partial charge in [-0.15, -0.1) is 0 Å². The van der Waals surface area contributed by atoms with Crippen LogP contribution in [0.25, 0.3) is 0 Å². The van der Waals surface area contributed by atoms with Gasteiger partial charge in [-0.3, -0.25) is 19.9 Å². The Hall–Kier alpha value is -1.43. The van der Waals surface area contributed by atoms with E-state index in [0.717, 1.165) is 10.2 Å². The molecule has 0 saturated carbocycles. The lowest BCUT2D eigenvalue weighted by molar-refractivity contribution is -0.130. The minimum atomic E-state index is -0.286. The SMILES string of the molecule is O=C1CN(c2cncc(Br)c2)CC(=O)N1. The molecule has 0 bridgehead atoms. The maximum atomic E-state index is 11.1. The Labute approximate surface area is 94.6 Å². The lowest BCUT2D eigenvalue weighted by Crippen LogP contribution is -2.51. The van der Waals surface area contributed by atoms with Crippen LogP contribution in [-0.2, 0) is 9.59 Å². The summed E-state index contributed by atoms with van der Waals surface area (Å²) in [4.78, 5) is 27.9. The Bertz CT molecular complexity index is 406. The molecule has 0 aromatic carbocycles. The summed E-state index contributed by atoms with van der Waals surface area (Å²) in [5.41, 5.74) is 0.757. The van der Waals surface area contributed by atoms with Crippen molar-refractivity contribution in [3.63, 3.8) is 0 Å². The molecule has 6 heteroatoms. The highest BCUT2D eigenvalue weighted by Crippen LogP contribution is 2.18. The Kier molecular flexibility index (Phi) is 2.68. The van der Waals surface area contributed by atoms with Gasteiger partial charge in [0.1, 0.15) is 0 Å². The molecule has 0 atom stereocenters. The van der Waals surface area contributed by atoms with Crippen LogP contribution in [0.15, 0.2) is 22.9 Å². The summed E-state index contributed by atoms with van der Waals surface area (Å²) in [7, 11) is 0. The monoisotopic (exact) mass is 269 g/mol. The summed E-state index contributed by atoms with van der Waals surface area (Å²) in [6.45, 7) is 0.369. The highest BCUT2D eigenvalue weighted by atomic mass is 79.9. The van der Waals surface area contributed by atoms with Gasteiger partial charge in [0.15, 0.2) is 0 Å². The highest BCUT2D eigenvalue weighted by molar-refractivity contribution is 9.10. The smallest absolute Gasteiger partial charge is 0.246 e. The number of carbonyl (C=O) groups excluding carboxylic acids is 2. The fourth-order valence-electron chi connectivity index (χ4n) is 1.39. The first kappa shape index (κ1) is 10.1. The molecule has 0 radical (unpaired) electrons. The number of nitrogens with zero attached hydrogens (tertiary/aromatic N) is 2. The standard InChI is InChI=1S/C9H8BrN3O2/c10-6-1-7(3-11-2-6)13-4-8(14)12-9(15)5-13/h1-3H,4-5H2,(H,12,14,15). The molecule has 5 nitrogen and oxygen atoms in total. The van der Waals surface area contributed by atoms with Gasteiger partial charge in [0.25, 0.3) is 0 Å². The summed E-state index contributed by atoms with van der Waals surface area (Å²) in [5, 5.41) is 2.24. The van der Waals surface area contributed by atoms with E-state index >= 15 is 0 Å². The number of aromatic nitrogens is 1. The van der Waals surface area contributed by atoms with E-state index in [2.05, 4.69) is 26.2 Å². The van der Waals surface area contributed by atoms with Crippen LogP contribution in [0.3, 0.4) is 0 Å². The second kappa shape index (κ2) is 3.98. The van der Waals surface area contributed by atoms with E-state index in [1.54, 1.807) is 17.3 Å². The van der Waals surface area contributed by atoms with Gasteiger partial charge in [-0.05, 0) is 22.0 Å². The average molecular weight is 270 g/mol. The van der Waals surface area contributed by atoms with Crippen molar-refractivity contribution >= 4 is 33.4 Å². The minimum absolute atomic E-state index is 0.184. The zero-order chi connectivity index (χ0) is 10.8. The minimum Gasteiger partial charge on any atom is -0.352 e. The van der Waals surface area contributed by atoms with E-state index < -0.39 is 0 Å². The van der Waals surface area contributed by atoms with Crippen molar-refractivity contribution in [1.29, 1.82) is 0 Å². The molecule has 0 aliphatic carbocycles. The average Bonchev–Trinajstić information content (AvgIpc) is 2.16. The molecule has 1 fully saturated rings. The number of hydrogen-bond acceptors (Lipinski definition) is 4. The largest absolute Gasteiger partial charge is 0.352 e. The lowest BCUT2D eigenvalue weighted by atomic mass is 10.3. The topological polar surface area (TPSA) is 62.3 Å². The van der Waals surface area contributed by atoms with Crippen molar-refractivity contribution in [2.45, 2.75) is 0 Å². The maximum Gasteiger partial charge on any atom is 0.246 e. The molecule has 0 unspecified atom stereocenters. The van der Waals surface area contributed by atoms with Gasteiger partial charge in [0, 0.05) is 10.7 Å². The van der Waals surface area contributed by atoms with Crippen LogP contribution < -0.4 is 10.2 Å². The first-order valence-corrected chi connectivity index (χ1v) is 5.12. The second-order valence-electron chi connectivity index (χ2n) is 3.19. The number of rotatable bonds is 1. The third kappa shape index (κ3) is 2.33. The van der Waals surface area contributed by atoms with E-state index in [1.165, 1.54) is 0 Å². The van der Waals surface area contributed by atoms with Gasteiger partial charge in [-0.25, -0.2) is 0 Å². The molecule has 2 amide bonds. The van der Waals surface area contributed by atoms with Crippen molar-refractivity contribution in [2.75, 3.05) is 18.0 Å². The predicted molar refractivity (Wildman–Crippen MR) is 57.3 cm³/mol. The van der Waals surface area contributed by atoms with Gasteiger partial charge in [0.05, 0.1) is 25.0 Å². The molecule has 1 aliphatic rings. The van der Waals surface area contributed by atoms with Crippen LogP contribution in [0.4, 0.5) is 5.69 Å². The molecule has 2 heterocycles. The van der Waals surface area contributed by atoms with Crippen molar-refractivity contribution in [3.8, 4) is 0 Å². The normalized spacial score (nSPS) is 16.5. The van der Waals surface area contributed by atoms with E-state index in [1.807, 2.05) is 6.07 Å². The Balaban J connectivity index is 2.23. The number of nitrogens with one attached hydrogen (secondary N) is 1.